The summed E-state index contributed by atoms with van der Waals surface area (Å²) in [6.07, 6.45) is 2.40. The van der Waals surface area contributed by atoms with Gasteiger partial charge in [-0.05, 0) is 37.6 Å². The van der Waals surface area contributed by atoms with Crippen molar-refractivity contribution >= 4 is 16.9 Å². The number of hydrogen-bond donors (Lipinski definition) is 1. The molecule has 30 heavy (non-hydrogen) atoms. The highest BCUT2D eigenvalue weighted by molar-refractivity contribution is 5.76. The van der Waals surface area contributed by atoms with E-state index in [1.165, 1.54) is 5.56 Å². The molecule has 0 spiro atoms. The average molecular weight is 403 g/mol. The van der Waals surface area contributed by atoms with Crippen LogP contribution in [0.3, 0.4) is 0 Å². The van der Waals surface area contributed by atoms with Crippen LogP contribution in [0.4, 0.5) is 0 Å². The van der Waals surface area contributed by atoms with Gasteiger partial charge in [0, 0.05) is 38.4 Å². The van der Waals surface area contributed by atoms with Crippen molar-refractivity contribution in [1.82, 2.24) is 25.1 Å². The first-order valence-electron chi connectivity index (χ1n) is 10.2. The van der Waals surface area contributed by atoms with E-state index < -0.39 is 0 Å². The molecule has 4 rings (SSSR count). The number of imidazole rings is 1. The van der Waals surface area contributed by atoms with E-state index in [2.05, 4.69) is 31.1 Å². The molecule has 154 valence electrons. The van der Waals surface area contributed by atoms with Gasteiger partial charge in [0.2, 0.25) is 17.7 Å². The maximum absolute atomic E-state index is 12.1. The highest BCUT2D eigenvalue weighted by Crippen LogP contribution is 2.19. The molecule has 0 saturated carbocycles. The molecule has 0 fully saturated rings. The second-order valence-electron chi connectivity index (χ2n) is 7.40. The smallest absolute Gasteiger partial charge is 0.247 e. The van der Waals surface area contributed by atoms with Crippen molar-refractivity contribution in [2.75, 3.05) is 6.54 Å². The first-order chi connectivity index (χ1) is 14.6. The number of benzene rings is 2. The third-order valence-electron chi connectivity index (χ3n) is 5.11. The van der Waals surface area contributed by atoms with Crippen LogP contribution in [0.25, 0.3) is 22.5 Å². The number of aromatic nitrogens is 4. The highest BCUT2D eigenvalue weighted by Gasteiger charge is 2.11. The fourth-order valence-electron chi connectivity index (χ4n) is 3.37. The van der Waals surface area contributed by atoms with Gasteiger partial charge in [0.1, 0.15) is 5.82 Å². The van der Waals surface area contributed by atoms with Crippen molar-refractivity contribution in [3.8, 4) is 11.5 Å². The van der Waals surface area contributed by atoms with Crippen molar-refractivity contribution in [3.05, 3.63) is 65.8 Å². The molecule has 7 heteroatoms. The Morgan fingerprint density at radius 3 is 2.67 bits per heavy atom. The summed E-state index contributed by atoms with van der Waals surface area (Å²) in [5.41, 5.74) is 4.18. The monoisotopic (exact) mass is 403 g/mol. The van der Waals surface area contributed by atoms with Gasteiger partial charge in [-0.15, -0.1) is 10.2 Å². The quantitative estimate of drug-likeness (QED) is 0.454. The van der Waals surface area contributed by atoms with Gasteiger partial charge in [-0.25, -0.2) is 4.98 Å². The number of nitrogens with one attached hydrogen (secondary N) is 1. The van der Waals surface area contributed by atoms with Gasteiger partial charge in [-0.1, -0.05) is 29.8 Å². The molecule has 2 aromatic carbocycles. The Balaban J connectivity index is 1.21. The van der Waals surface area contributed by atoms with Crippen molar-refractivity contribution in [2.24, 2.45) is 7.05 Å². The van der Waals surface area contributed by atoms with Gasteiger partial charge >= 0.3 is 0 Å². The standard InChI is InChI=1S/C23H25N5O2/c1-16-9-11-17(12-10-16)23-27-26-22(30-23)14-13-21(29)24-15-5-8-20-25-18-6-3-4-7-19(18)28(20)2/h3-4,6-7,9-12H,5,8,13-15H2,1-2H3,(H,24,29). The summed E-state index contributed by atoms with van der Waals surface area (Å²) in [5.74, 6) is 1.96. The Bertz CT molecular complexity index is 1140. The zero-order chi connectivity index (χ0) is 20.9. The molecule has 0 aliphatic carbocycles. The van der Waals surface area contributed by atoms with E-state index in [-0.39, 0.29) is 5.91 Å². The van der Waals surface area contributed by atoms with Crippen molar-refractivity contribution in [1.29, 1.82) is 0 Å². The predicted octanol–water partition coefficient (Wildman–Crippen LogP) is 3.61. The van der Waals surface area contributed by atoms with Crippen LogP contribution in [-0.4, -0.2) is 32.2 Å². The zero-order valence-corrected chi connectivity index (χ0v) is 17.3. The molecule has 0 saturated heterocycles. The third-order valence-corrected chi connectivity index (χ3v) is 5.11. The van der Waals surface area contributed by atoms with E-state index in [0.29, 0.717) is 31.2 Å². The fourth-order valence-corrected chi connectivity index (χ4v) is 3.37. The highest BCUT2D eigenvalue weighted by atomic mass is 16.4. The number of carbonyl (C=O) groups is 1. The van der Waals surface area contributed by atoms with Crippen LogP contribution < -0.4 is 5.32 Å². The third kappa shape index (κ3) is 4.56. The second-order valence-corrected chi connectivity index (χ2v) is 7.40. The normalized spacial score (nSPS) is 11.1. The van der Waals surface area contributed by atoms with Crippen molar-refractivity contribution < 1.29 is 9.21 Å². The van der Waals surface area contributed by atoms with E-state index in [0.717, 1.165) is 35.3 Å². The average Bonchev–Trinajstić information content (AvgIpc) is 3.35. The van der Waals surface area contributed by atoms with Crippen LogP contribution in [0.15, 0.2) is 52.9 Å². The number of amides is 1. The van der Waals surface area contributed by atoms with E-state index in [1.54, 1.807) is 0 Å². The number of rotatable bonds is 8. The molecular weight excluding hydrogens is 378 g/mol. The molecule has 2 heterocycles. The summed E-state index contributed by atoms with van der Waals surface area (Å²) in [6.45, 7) is 2.64. The van der Waals surface area contributed by atoms with Gasteiger partial charge in [0.25, 0.3) is 0 Å². The summed E-state index contributed by atoms with van der Waals surface area (Å²) in [4.78, 5) is 16.8. The van der Waals surface area contributed by atoms with Crippen LogP contribution in [0.5, 0.6) is 0 Å². The number of aryl methyl sites for hydroxylation is 4. The molecule has 1 N–H and O–H groups in total. The van der Waals surface area contributed by atoms with E-state index in [1.807, 2.05) is 56.4 Å². The number of nitrogens with zero attached hydrogens (tertiary/aromatic N) is 4. The Labute approximate surface area is 175 Å². The van der Waals surface area contributed by atoms with Crippen molar-refractivity contribution in [2.45, 2.75) is 32.6 Å². The Morgan fingerprint density at radius 1 is 1.07 bits per heavy atom. The minimum atomic E-state index is -0.0184. The van der Waals surface area contributed by atoms with Gasteiger partial charge in [0.05, 0.1) is 11.0 Å². The molecule has 0 radical (unpaired) electrons. The molecule has 2 aromatic heterocycles. The first kappa shape index (κ1) is 19.8. The summed E-state index contributed by atoms with van der Waals surface area (Å²) < 4.78 is 7.78. The van der Waals surface area contributed by atoms with E-state index in [4.69, 9.17) is 4.42 Å². The van der Waals surface area contributed by atoms with Gasteiger partial charge in [-0.3, -0.25) is 4.79 Å². The predicted molar refractivity (Wildman–Crippen MR) is 115 cm³/mol. The molecule has 0 aliphatic heterocycles. The fraction of sp³-hybridized carbons (Fsp3) is 0.304. The number of fused-ring (bicyclic) bond motifs is 1. The molecule has 0 atom stereocenters. The first-order valence-corrected chi connectivity index (χ1v) is 10.2. The Hall–Kier alpha value is -3.48. The van der Waals surface area contributed by atoms with E-state index in [9.17, 15) is 4.79 Å². The minimum absolute atomic E-state index is 0.0184. The lowest BCUT2D eigenvalue weighted by Crippen LogP contribution is -2.25. The van der Waals surface area contributed by atoms with Crippen LogP contribution in [-0.2, 0) is 24.7 Å². The lowest BCUT2D eigenvalue weighted by Gasteiger charge is -2.05. The lowest BCUT2D eigenvalue weighted by atomic mass is 10.1. The van der Waals surface area contributed by atoms with Crippen LogP contribution in [0.2, 0.25) is 0 Å². The largest absolute Gasteiger partial charge is 0.421 e. The Kier molecular flexibility index (Phi) is 5.88. The second kappa shape index (κ2) is 8.90. The Morgan fingerprint density at radius 2 is 1.87 bits per heavy atom. The summed E-state index contributed by atoms with van der Waals surface area (Å²) in [5, 5.41) is 11.1. The molecule has 0 bridgehead atoms. The van der Waals surface area contributed by atoms with Crippen LogP contribution in [0.1, 0.15) is 30.1 Å². The number of para-hydroxylation sites is 2. The number of hydrogen-bond acceptors (Lipinski definition) is 5. The molecule has 1 amide bonds. The molecular formula is C23H25N5O2. The lowest BCUT2D eigenvalue weighted by molar-refractivity contribution is -0.121. The maximum atomic E-state index is 12.1. The maximum Gasteiger partial charge on any atom is 0.247 e. The molecule has 0 aliphatic rings. The van der Waals surface area contributed by atoms with Gasteiger partial charge in [-0.2, -0.15) is 0 Å². The van der Waals surface area contributed by atoms with Crippen LogP contribution >= 0.6 is 0 Å². The molecule has 7 nitrogen and oxygen atoms in total. The van der Waals surface area contributed by atoms with Crippen molar-refractivity contribution in [3.63, 3.8) is 0 Å². The summed E-state index contributed by atoms with van der Waals surface area (Å²) >= 11 is 0. The SMILES string of the molecule is Cc1ccc(-c2nnc(CCC(=O)NCCCc3nc4ccccc4n3C)o2)cc1. The van der Waals surface area contributed by atoms with Gasteiger partial charge in [0.15, 0.2) is 0 Å². The van der Waals surface area contributed by atoms with Crippen LogP contribution in [0, 0.1) is 6.92 Å². The summed E-state index contributed by atoms with van der Waals surface area (Å²) in [6, 6.07) is 16.0. The summed E-state index contributed by atoms with van der Waals surface area (Å²) in [7, 11) is 2.03. The molecule has 4 aromatic rings. The number of carbonyl (C=O) groups excluding carboxylic acids is 1. The zero-order valence-electron chi connectivity index (χ0n) is 17.3. The van der Waals surface area contributed by atoms with Gasteiger partial charge < -0.3 is 14.3 Å². The topological polar surface area (TPSA) is 85.8 Å². The van der Waals surface area contributed by atoms with E-state index >= 15 is 0 Å². The minimum Gasteiger partial charge on any atom is -0.421 e. The molecule has 0 unspecified atom stereocenters.